The highest BCUT2D eigenvalue weighted by Gasteiger charge is 2.27. The minimum atomic E-state index is 0.259. The van der Waals surface area contributed by atoms with Crippen LogP contribution in [0.15, 0.2) is 42.5 Å². The van der Waals surface area contributed by atoms with Crippen LogP contribution >= 0.6 is 0 Å². The quantitative estimate of drug-likeness (QED) is 0.818. The van der Waals surface area contributed by atoms with Crippen LogP contribution in [0.5, 0.6) is 5.75 Å². The Morgan fingerprint density at radius 3 is 2.81 bits per heavy atom. The minimum Gasteiger partial charge on any atom is -0.493 e. The van der Waals surface area contributed by atoms with E-state index in [9.17, 15) is 4.79 Å². The number of hydrogen-bond donors (Lipinski definition) is 0. The molecule has 0 saturated carbocycles. The Kier molecular flexibility index (Phi) is 4.96. The summed E-state index contributed by atoms with van der Waals surface area (Å²) in [6, 6.07) is 15.2. The number of rotatable bonds is 5. The zero-order valence-corrected chi connectivity index (χ0v) is 15.5. The summed E-state index contributed by atoms with van der Waals surface area (Å²) in [5, 5.41) is 0. The molecule has 1 aliphatic carbocycles. The molecule has 0 N–H and O–H groups in total. The lowest BCUT2D eigenvalue weighted by Gasteiger charge is -2.35. The lowest BCUT2D eigenvalue weighted by molar-refractivity contribution is -0.133. The Labute approximate surface area is 156 Å². The number of amides is 1. The van der Waals surface area contributed by atoms with E-state index in [1.807, 2.05) is 12.1 Å². The van der Waals surface area contributed by atoms with E-state index in [2.05, 4.69) is 42.2 Å². The number of hydrogen-bond acceptors (Lipinski definition) is 2. The first-order valence-corrected chi connectivity index (χ1v) is 9.85. The van der Waals surface area contributed by atoms with Gasteiger partial charge in [0.2, 0.25) is 5.91 Å². The van der Waals surface area contributed by atoms with Crippen LogP contribution in [0.1, 0.15) is 42.0 Å². The third-order valence-corrected chi connectivity index (χ3v) is 5.66. The Balaban J connectivity index is 1.48. The Bertz CT molecular complexity index is 799. The third kappa shape index (κ3) is 3.48. The summed E-state index contributed by atoms with van der Waals surface area (Å²) in [7, 11) is 0. The lowest BCUT2D eigenvalue weighted by atomic mass is 9.87. The molecule has 0 aromatic heterocycles. The maximum Gasteiger partial charge on any atom is 0.227 e. The fourth-order valence-electron chi connectivity index (χ4n) is 4.32. The first-order valence-electron chi connectivity index (χ1n) is 9.85. The molecule has 1 aliphatic heterocycles. The molecular weight excluding hydrogens is 322 g/mol. The van der Waals surface area contributed by atoms with E-state index in [4.69, 9.17) is 4.74 Å². The Morgan fingerprint density at radius 2 is 1.96 bits per heavy atom. The van der Waals surface area contributed by atoms with Gasteiger partial charge in [-0.25, -0.2) is 0 Å². The van der Waals surface area contributed by atoms with Crippen LogP contribution in [-0.2, 0) is 30.5 Å². The van der Waals surface area contributed by atoms with Gasteiger partial charge < -0.3 is 9.64 Å². The van der Waals surface area contributed by atoms with Crippen molar-refractivity contribution in [1.82, 2.24) is 4.90 Å². The highest BCUT2D eigenvalue weighted by molar-refractivity contribution is 5.79. The molecule has 1 atom stereocenters. The Hall–Kier alpha value is -2.29. The van der Waals surface area contributed by atoms with Gasteiger partial charge in [0.25, 0.3) is 0 Å². The van der Waals surface area contributed by atoms with Crippen LogP contribution in [0.4, 0.5) is 0 Å². The van der Waals surface area contributed by atoms with Gasteiger partial charge in [0.1, 0.15) is 5.75 Å². The first-order chi connectivity index (χ1) is 12.7. The number of benzene rings is 2. The predicted octanol–water partition coefficient (Wildman–Crippen LogP) is 3.96. The van der Waals surface area contributed by atoms with Gasteiger partial charge in [-0.15, -0.1) is 0 Å². The summed E-state index contributed by atoms with van der Waals surface area (Å²) in [5.74, 6) is 1.24. The van der Waals surface area contributed by atoms with Crippen LogP contribution in [-0.4, -0.2) is 30.0 Å². The van der Waals surface area contributed by atoms with Gasteiger partial charge in [-0.3, -0.25) is 4.79 Å². The molecule has 136 valence electrons. The summed E-state index contributed by atoms with van der Waals surface area (Å²) in [5.41, 5.74) is 5.21. The van der Waals surface area contributed by atoms with E-state index in [1.165, 1.54) is 16.7 Å². The van der Waals surface area contributed by atoms with Crippen molar-refractivity contribution in [2.24, 2.45) is 0 Å². The topological polar surface area (TPSA) is 29.5 Å². The average molecular weight is 349 g/mol. The molecule has 0 bridgehead atoms. The number of carbonyl (C=O) groups is 1. The zero-order chi connectivity index (χ0) is 17.9. The number of nitrogens with zero attached hydrogens (tertiary/aromatic N) is 1. The highest BCUT2D eigenvalue weighted by Crippen LogP contribution is 2.28. The maximum absolute atomic E-state index is 13.1. The molecule has 1 amide bonds. The lowest BCUT2D eigenvalue weighted by Crippen LogP contribution is -2.44. The van der Waals surface area contributed by atoms with Gasteiger partial charge in [0.15, 0.2) is 0 Å². The molecule has 3 nitrogen and oxygen atoms in total. The summed E-state index contributed by atoms with van der Waals surface area (Å²) in [6.45, 7) is 3.76. The summed E-state index contributed by atoms with van der Waals surface area (Å²) in [6.07, 6.45) is 5.58. The van der Waals surface area contributed by atoms with Crippen molar-refractivity contribution in [3.8, 4) is 5.75 Å². The van der Waals surface area contributed by atoms with E-state index in [0.29, 0.717) is 12.5 Å². The summed E-state index contributed by atoms with van der Waals surface area (Å²) >= 11 is 0. The molecule has 1 unspecified atom stereocenters. The third-order valence-electron chi connectivity index (χ3n) is 5.66. The van der Waals surface area contributed by atoms with E-state index in [1.54, 1.807) is 0 Å². The zero-order valence-electron chi connectivity index (χ0n) is 15.5. The van der Waals surface area contributed by atoms with Crippen LogP contribution in [0.3, 0.4) is 0 Å². The standard InChI is InChI=1S/C23H27NO2/c1-2-12-24(21-9-8-18-5-3-4-6-19(18)16-21)23(25)15-17-7-10-22-20(14-17)11-13-26-22/h3-7,10,14,21H,2,8-9,11-13,15-16H2,1H3. The van der Waals surface area contributed by atoms with E-state index < -0.39 is 0 Å². The van der Waals surface area contributed by atoms with Crippen molar-refractivity contribution < 1.29 is 9.53 Å². The van der Waals surface area contributed by atoms with Gasteiger partial charge in [-0.2, -0.15) is 0 Å². The second-order valence-electron chi connectivity index (χ2n) is 7.47. The highest BCUT2D eigenvalue weighted by atomic mass is 16.5. The molecule has 0 fully saturated rings. The van der Waals surface area contributed by atoms with Crippen molar-refractivity contribution in [2.75, 3.05) is 13.2 Å². The van der Waals surface area contributed by atoms with Gasteiger partial charge in [0.05, 0.1) is 13.0 Å². The molecule has 2 aliphatic rings. The maximum atomic E-state index is 13.1. The van der Waals surface area contributed by atoms with E-state index in [0.717, 1.165) is 56.6 Å². The SMILES string of the molecule is CCCN(C(=O)Cc1ccc2c(c1)CCO2)C1CCc2ccccc2C1. The molecule has 0 radical (unpaired) electrons. The minimum absolute atomic E-state index is 0.259. The van der Waals surface area contributed by atoms with Crippen molar-refractivity contribution in [3.05, 3.63) is 64.7 Å². The molecule has 1 heterocycles. The van der Waals surface area contributed by atoms with Gasteiger partial charge in [-0.05, 0) is 54.0 Å². The molecule has 0 spiro atoms. The largest absolute Gasteiger partial charge is 0.493 e. The molecule has 26 heavy (non-hydrogen) atoms. The number of ether oxygens (including phenoxy) is 1. The van der Waals surface area contributed by atoms with Crippen LogP contribution in [0.25, 0.3) is 0 Å². The number of fused-ring (bicyclic) bond motifs is 2. The normalized spacial score (nSPS) is 18.0. The average Bonchev–Trinajstić information content (AvgIpc) is 3.13. The monoisotopic (exact) mass is 349 g/mol. The molecule has 0 saturated heterocycles. The fourth-order valence-corrected chi connectivity index (χ4v) is 4.32. The smallest absolute Gasteiger partial charge is 0.227 e. The second-order valence-corrected chi connectivity index (χ2v) is 7.47. The van der Waals surface area contributed by atoms with Gasteiger partial charge in [-0.1, -0.05) is 43.3 Å². The van der Waals surface area contributed by atoms with Gasteiger partial charge in [0, 0.05) is 19.0 Å². The Morgan fingerprint density at radius 1 is 1.12 bits per heavy atom. The summed E-state index contributed by atoms with van der Waals surface area (Å²) < 4.78 is 5.58. The molecule has 2 aromatic carbocycles. The van der Waals surface area contributed by atoms with Crippen LogP contribution in [0.2, 0.25) is 0 Å². The molecule has 4 rings (SSSR count). The fraction of sp³-hybridized carbons (Fsp3) is 0.435. The number of carbonyl (C=O) groups excluding carboxylic acids is 1. The van der Waals surface area contributed by atoms with Crippen molar-refractivity contribution in [2.45, 2.75) is 51.5 Å². The van der Waals surface area contributed by atoms with Gasteiger partial charge >= 0.3 is 0 Å². The van der Waals surface area contributed by atoms with Crippen LogP contribution in [0, 0.1) is 0 Å². The predicted molar refractivity (Wildman–Crippen MR) is 104 cm³/mol. The summed E-state index contributed by atoms with van der Waals surface area (Å²) in [4.78, 5) is 15.2. The second kappa shape index (κ2) is 7.53. The molecule has 3 heteroatoms. The molecule has 2 aromatic rings. The van der Waals surface area contributed by atoms with E-state index >= 15 is 0 Å². The first kappa shape index (κ1) is 17.1. The van der Waals surface area contributed by atoms with Crippen LogP contribution < -0.4 is 4.74 Å². The van der Waals surface area contributed by atoms with E-state index in [-0.39, 0.29) is 5.91 Å². The molecular formula is C23H27NO2. The van der Waals surface area contributed by atoms with Crippen molar-refractivity contribution in [1.29, 1.82) is 0 Å². The van der Waals surface area contributed by atoms with Crippen molar-refractivity contribution >= 4 is 5.91 Å². The number of aryl methyl sites for hydroxylation is 1. The van der Waals surface area contributed by atoms with Crippen molar-refractivity contribution in [3.63, 3.8) is 0 Å².